The lowest BCUT2D eigenvalue weighted by molar-refractivity contribution is 0.690. The third-order valence-electron chi connectivity index (χ3n) is 3.51. The van der Waals surface area contributed by atoms with Gasteiger partial charge in [-0.2, -0.15) is 0 Å². The van der Waals surface area contributed by atoms with Gasteiger partial charge in [0.25, 0.3) is 0 Å². The smallest absolute Gasteiger partial charge is 0.0760 e. The Balaban J connectivity index is 1.74. The van der Waals surface area contributed by atoms with Crippen LogP contribution in [0.3, 0.4) is 0 Å². The first-order valence-electron chi connectivity index (χ1n) is 7.68. The highest BCUT2D eigenvalue weighted by Crippen LogP contribution is 2.25. The van der Waals surface area contributed by atoms with E-state index in [0.717, 1.165) is 22.6 Å². The molecule has 0 radical (unpaired) electrons. The van der Waals surface area contributed by atoms with Crippen LogP contribution in [0.5, 0.6) is 0 Å². The lowest BCUT2D eigenvalue weighted by Gasteiger charge is -2.18. The normalized spacial score (nSPS) is 16.3. The first-order valence-corrected chi connectivity index (χ1v) is 8.49. The summed E-state index contributed by atoms with van der Waals surface area (Å²) < 4.78 is 3.15. The predicted octanol–water partition coefficient (Wildman–Crippen LogP) is 4.00. The Morgan fingerprint density at radius 3 is 2.88 bits per heavy atom. The average Bonchev–Trinajstić information content (AvgIpc) is 2.64. The van der Waals surface area contributed by atoms with Crippen molar-refractivity contribution < 1.29 is 0 Å². The Bertz CT molecular complexity index is 708. The van der Waals surface area contributed by atoms with E-state index in [2.05, 4.69) is 40.8 Å². The average molecular weight is 335 g/mol. The third kappa shape index (κ3) is 5.53. The van der Waals surface area contributed by atoms with Crippen molar-refractivity contribution in [2.75, 3.05) is 6.54 Å². The summed E-state index contributed by atoms with van der Waals surface area (Å²) in [4.78, 5) is 1.15. The summed E-state index contributed by atoms with van der Waals surface area (Å²) in [5.74, 6) is 2.83. The molecule has 0 aromatic heterocycles. The maximum Gasteiger partial charge on any atom is 0.0760 e. The molecule has 0 amide bonds. The maximum absolute atomic E-state index is 7.99. The van der Waals surface area contributed by atoms with Crippen molar-refractivity contribution in [3.63, 3.8) is 0 Å². The van der Waals surface area contributed by atoms with Gasteiger partial charge in [-0.3, -0.25) is 0 Å². The van der Waals surface area contributed by atoms with Gasteiger partial charge in [0.15, 0.2) is 0 Å². The molecule has 122 valence electrons. The third-order valence-corrected chi connectivity index (χ3v) is 4.30. The molecule has 3 nitrogen and oxygen atoms in total. The number of nitrogens with one attached hydrogen (secondary N) is 3. The molecule has 4 heteroatoms. The van der Waals surface area contributed by atoms with E-state index < -0.39 is 0 Å². The van der Waals surface area contributed by atoms with E-state index in [0.29, 0.717) is 12.3 Å². The molecule has 1 aliphatic rings. The molecule has 1 aromatic rings. The van der Waals surface area contributed by atoms with Crippen molar-refractivity contribution in [1.29, 1.82) is 5.41 Å². The van der Waals surface area contributed by atoms with E-state index in [4.69, 9.17) is 11.8 Å². The molecule has 0 bridgehead atoms. The van der Waals surface area contributed by atoms with Gasteiger partial charge in [0.2, 0.25) is 0 Å². The molecule has 0 fully saturated rings. The van der Waals surface area contributed by atoms with E-state index in [9.17, 15) is 0 Å². The number of hydrogen-bond acceptors (Lipinski definition) is 4. The van der Waals surface area contributed by atoms with Crippen molar-refractivity contribution in [2.45, 2.75) is 6.42 Å². The van der Waals surface area contributed by atoms with Crippen LogP contribution in [0.1, 0.15) is 12.0 Å². The van der Waals surface area contributed by atoms with Gasteiger partial charge in [-0.25, -0.2) is 0 Å². The van der Waals surface area contributed by atoms with Crippen LogP contribution in [0.2, 0.25) is 0 Å². The van der Waals surface area contributed by atoms with E-state index in [1.807, 2.05) is 30.3 Å². The highest BCUT2D eigenvalue weighted by molar-refractivity contribution is 8.01. The molecule has 0 saturated heterocycles. The quantitative estimate of drug-likeness (QED) is 0.382. The van der Waals surface area contributed by atoms with Crippen LogP contribution in [0.25, 0.3) is 0 Å². The summed E-state index contributed by atoms with van der Waals surface area (Å²) >= 11 is 1.52. The standard InChI is InChI=1S/C20H21N3S/c1-3-14-22-16(2)17-9-11-19(12-10-17)24-23-15-13-20(21)18-7-5-4-6-8-18/h1,4-9,11-13,15,17,21-23H,2,10,14H2/b15-13-,21-20?. The summed E-state index contributed by atoms with van der Waals surface area (Å²) in [6, 6.07) is 9.65. The molecular weight excluding hydrogens is 314 g/mol. The highest BCUT2D eigenvalue weighted by atomic mass is 32.2. The summed E-state index contributed by atoms with van der Waals surface area (Å²) in [6.45, 7) is 4.53. The fraction of sp³-hybridized carbons (Fsp3) is 0.150. The van der Waals surface area contributed by atoms with Gasteiger partial charge in [0.1, 0.15) is 0 Å². The van der Waals surface area contributed by atoms with Gasteiger partial charge in [-0.05, 0) is 30.0 Å². The summed E-state index contributed by atoms with van der Waals surface area (Å²) in [5.41, 5.74) is 2.33. The number of terminal acetylenes is 1. The van der Waals surface area contributed by atoms with Gasteiger partial charge in [0.05, 0.1) is 12.3 Å². The zero-order valence-electron chi connectivity index (χ0n) is 13.5. The van der Waals surface area contributed by atoms with E-state index in [-0.39, 0.29) is 5.92 Å². The van der Waals surface area contributed by atoms with Gasteiger partial charge < -0.3 is 15.4 Å². The molecule has 0 aliphatic heterocycles. The second-order valence-corrected chi connectivity index (χ2v) is 6.13. The molecule has 0 saturated carbocycles. The summed E-state index contributed by atoms with van der Waals surface area (Å²) in [6.07, 6.45) is 16.1. The number of rotatable bonds is 8. The Kier molecular flexibility index (Phi) is 7.00. The first kappa shape index (κ1) is 17.7. The SMILES string of the molecule is C#CCNC(=C)C1C=CC(SN/C=C\C(=N)c2ccccc2)=CC1. The molecule has 24 heavy (non-hydrogen) atoms. The van der Waals surface area contributed by atoms with Gasteiger partial charge in [0, 0.05) is 22.7 Å². The first-order chi connectivity index (χ1) is 11.7. The van der Waals surface area contributed by atoms with Crippen LogP contribution < -0.4 is 10.0 Å². The van der Waals surface area contributed by atoms with E-state index in [1.165, 1.54) is 11.9 Å². The maximum atomic E-state index is 7.99. The van der Waals surface area contributed by atoms with Crippen LogP contribution in [0, 0.1) is 23.7 Å². The lowest BCUT2D eigenvalue weighted by atomic mass is 9.98. The Hall–Kier alpha value is -2.64. The van der Waals surface area contributed by atoms with E-state index in [1.54, 1.807) is 12.3 Å². The van der Waals surface area contributed by atoms with Gasteiger partial charge in [-0.1, -0.05) is 61.1 Å². The minimum absolute atomic E-state index is 0.282. The fourth-order valence-corrected chi connectivity index (χ4v) is 2.76. The summed E-state index contributed by atoms with van der Waals surface area (Å²) in [7, 11) is 0. The zero-order valence-corrected chi connectivity index (χ0v) is 14.3. The minimum Gasteiger partial charge on any atom is -0.377 e. The molecule has 3 N–H and O–H groups in total. The molecule has 1 atom stereocenters. The predicted molar refractivity (Wildman–Crippen MR) is 104 cm³/mol. The van der Waals surface area contributed by atoms with Crippen LogP contribution >= 0.6 is 11.9 Å². The largest absolute Gasteiger partial charge is 0.377 e. The number of hydrogen-bond donors (Lipinski definition) is 3. The molecule has 0 heterocycles. The monoisotopic (exact) mass is 335 g/mol. The molecular formula is C20H21N3S. The fourth-order valence-electron chi connectivity index (χ4n) is 2.16. The Morgan fingerprint density at radius 2 is 2.21 bits per heavy atom. The number of benzene rings is 1. The molecule has 1 aliphatic carbocycles. The molecule has 1 unspecified atom stereocenters. The van der Waals surface area contributed by atoms with Crippen molar-refractivity contribution in [3.8, 4) is 12.3 Å². The van der Waals surface area contributed by atoms with Crippen LogP contribution in [-0.2, 0) is 0 Å². The van der Waals surface area contributed by atoms with Crippen molar-refractivity contribution in [2.24, 2.45) is 5.92 Å². The topological polar surface area (TPSA) is 47.9 Å². The van der Waals surface area contributed by atoms with Crippen LogP contribution in [0.15, 0.2) is 78.0 Å². The van der Waals surface area contributed by atoms with Gasteiger partial charge in [-0.15, -0.1) is 6.42 Å². The molecule has 0 spiro atoms. The Morgan fingerprint density at radius 1 is 1.42 bits per heavy atom. The van der Waals surface area contributed by atoms with Crippen molar-refractivity contribution >= 4 is 17.7 Å². The molecule has 1 aromatic carbocycles. The summed E-state index contributed by atoms with van der Waals surface area (Å²) in [5, 5.41) is 11.1. The van der Waals surface area contributed by atoms with Crippen molar-refractivity contribution in [3.05, 3.63) is 83.6 Å². The number of allylic oxidation sites excluding steroid dienone is 4. The zero-order chi connectivity index (χ0) is 17.2. The van der Waals surface area contributed by atoms with Crippen LogP contribution in [-0.4, -0.2) is 12.3 Å². The molecule has 2 rings (SSSR count). The van der Waals surface area contributed by atoms with E-state index >= 15 is 0 Å². The van der Waals surface area contributed by atoms with Crippen molar-refractivity contribution in [1.82, 2.24) is 10.0 Å². The lowest BCUT2D eigenvalue weighted by Crippen LogP contribution is -2.19. The second-order valence-electron chi connectivity index (χ2n) is 5.22. The Labute approximate surface area is 148 Å². The van der Waals surface area contributed by atoms with Crippen LogP contribution in [0.4, 0.5) is 0 Å². The minimum atomic E-state index is 0.282. The second kappa shape index (κ2) is 9.49. The highest BCUT2D eigenvalue weighted by Gasteiger charge is 2.11. The van der Waals surface area contributed by atoms with Gasteiger partial charge >= 0.3 is 0 Å².